The van der Waals surface area contributed by atoms with Crippen LogP contribution in [-0.4, -0.2) is 32.4 Å². The number of allylic oxidation sites excluding steroid dienone is 4. The van der Waals surface area contributed by atoms with Gasteiger partial charge in [0, 0.05) is 46.6 Å². The van der Waals surface area contributed by atoms with Crippen LogP contribution in [0.5, 0.6) is 0 Å². The first-order valence-electron chi connectivity index (χ1n) is 15.1. The highest BCUT2D eigenvalue weighted by atomic mass is 16.4. The van der Waals surface area contributed by atoms with Gasteiger partial charge in [0.15, 0.2) is 12.3 Å². The summed E-state index contributed by atoms with van der Waals surface area (Å²) in [5, 5.41) is 19.5. The quantitative estimate of drug-likeness (QED) is 0.201. The zero-order valence-corrected chi connectivity index (χ0v) is 26.0. The van der Waals surface area contributed by atoms with Gasteiger partial charge in [0.25, 0.3) is 0 Å². The molecule has 2 aliphatic heterocycles. The number of benzene rings is 4. The highest BCUT2D eigenvalue weighted by molar-refractivity contribution is 6.04. The predicted molar refractivity (Wildman–Crippen MR) is 178 cm³/mol. The zero-order valence-electron chi connectivity index (χ0n) is 26.0. The third kappa shape index (κ3) is 5.37. The third-order valence-corrected chi connectivity index (χ3v) is 9.15. The second kappa shape index (κ2) is 11.4. The van der Waals surface area contributed by atoms with Crippen LogP contribution in [0.1, 0.15) is 70.7 Å². The van der Waals surface area contributed by atoms with Gasteiger partial charge in [-0.05, 0) is 61.4 Å². The molecule has 2 heterocycles. The van der Waals surface area contributed by atoms with Gasteiger partial charge in [0.05, 0.1) is 16.5 Å². The number of carboxylic acid groups (broad SMARTS) is 2. The normalized spacial score (nSPS) is 17.2. The molecule has 45 heavy (non-hydrogen) atoms. The highest BCUT2D eigenvalue weighted by Gasteiger charge is 2.45. The lowest BCUT2D eigenvalue weighted by Crippen LogP contribution is -2.28. The van der Waals surface area contributed by atoms with Crippen LogP contribution < -0.4 is 4.90 Å². The van der Waals surface area contributed by atoms with Crippen molar-refractivity contribution in [3.05, 3.63) is 154 Å². The summed E-state index contributed by atoms with van der Waals surface area (Å²) in [6.45, 7) is 9.85. The monoisotopic (exact) mass is 597 g/mol. The van der Waals surface area contributed by atoms with Crippen molar-refractivity contribution in [3.8, 4) is 0 Å². The molecule has 2 N–H and O–H groups in total. The lowest BCUT2D eigenvalue weighted by molar-refractivity contribution is -0.455. The van der Waals surface area contributed by atoms with Crippen molar-refractivity contribution in [2.45, 2.75) is 51.6 Å². The van der Waals surface area contributed by atoms with E-state index in [1.807, 2.05) is 48.5 Å². The molecule has 0 saturated heterocycles. The van der Waals surface area contributed by atoms with Crippen molar-refractivity contribution in [2.24, 2.45) is 0 Å². The average Bonchev–Trinajstić information content (AvgIpc) is 3.36. The van der Waals surface area contributed by atoms with Crippen LogP contribution in [0.4, 0.5) is 11.4 Å². The summed E-state index contributed by atoms with van der Waals surface area (Å²) in [7, 11) is 0. The fraction of sp³-hybridized carbons (Fsp3) is 0.205. The van der Waals surface area contributed by atoms with Crippen LogP contribution in [0, 0.1) is 0 Å². The molecule has 2 aliphatic rings. The molecule has 4 aromatic rings. The molecule has 0 atom stereocenters. The molecule has 0 amide bonds. The van der Waals surface area contributed by atoms with Crippen molar-refractivity contribution < 1.29 is 24.4 Å². The average molecular weight is 598 g/mol. The third-order valence-electron chi connectivity index (χ3n) is 9.15. The minimum absolute atomic E-state index is 0.275. The topological polar surface area (TPSA) is 80.9 Å². The molecule has 4 aromatic carbocycles. The molecule has 0 aromatic heterocycles. The van der Waals surface area contributed by atoms with Crippen LogP contribution in [-0.2, 0) is 23.9 Å². The van der Waals surface area contributed by atoms with E-state index in [4.69, 9.17) is 0 Å². The Morgan fingerprint density at radius 1 is 0.733 bits per heavy atom. The predicted octanol–water partition coefficient (Wildman–Crippen LogP) is 8.10. The maximum Gasteiger partial charge on any atom is 0.335 e. The summed E-state index contributed by atoms with van der Waals surface area (Å²) in [4.78, 5) is 26.0. The molecule has 0 saturated carbocycles. The Morgan fingerprint density at radius 3 is 1.93 bits per heavy atom. The minimum atomic E-state index is -0.940. The summed E-state index contributed by atoms with van der Waals surface area (Å²) in [5.41, 5.74) is 8.06. The smallest absolute Gasteiger partial charge is 0.335 e. The van der Waals surface area contributed by atoms with Crippen molar-refractivity contribution in [2.75, 3.05) is 4.90 Å². The van der Waals surface area contributed by atoms with Crippen LogP contribution in [0.25, 0.3) is 0 Å². The Labute approximate surface area is 263 Å². The first kappa shape index (κ1) is 29.8. The van der Waals surface area contributed by atoms with Gasteiger partial charge >= 0.3 is 11.9 Å². The lowest BCUT2D eigenvalue weighted by Gasteiger charge is -2.27. The van der Waals surface area contributed by atoms with Gasteiger partial charge in [-0.25, -0.2) is 9.59 Å². The van der Waals surface area contributed by atoms with E-state index in [1.54, 1.807) is 24.3 Å². The fourth-order valence-corrected chi connectivity index (χ4v) is 6.72. The SMILES string of the molecule is CC1(C)C(/C=C/C=C2/N(Cc3ccccc3)c3ccc(C(=O)O)cc3C2(C)C)=[N+](Cc2ccccc2)c2ccc(C(=O)O)cc21. The van der Waals surface area contributed by atoms with Crippen molar-refractivity contribution in [1.29, 1.82) is 0 Å². The Bertz CT molecular complexity index is 1900. The van der Waals surface area contributed by atoms with E-state index in [-0.39, 0.29) is 11.1 Å². The molecule has 0 fully saturated rings. The van der Waals surface area contributed by atoms with E-state index in [0.717, 1.165) is 45.0 Å². The van der Waals surface area contributed by atoms with E-state index in [1.165, 1.54) is 0 Å². The van der Waals surface area contributed by atoms with Crippen LogP contribution in [0.15, 0.2) is 121 Å². The minimum Gasteiger partial charge on any atom is -0.478 e. The van der Waals surface area contributed by atoms with Gasteiger partial charge in [0.1, 0.15) is 0 Å². The number of nitrogens with zero attached hydrogens (tertiary/aromatic N) is 2. The van der Waals surface area contributed by atoms with Crippen LogP contribution in [0.2, 0.25) is 0 Å². The molecule has 0 unspecified atom stereocenters. The molecule has 0 spiro atoms. The summed E-state index contributed by atoms with van der Waals surface area (Å²) in [6, 6.07) is 31.3. The summed E-state index contributed by atoms with van der Waals surface area (Å²) >= 11 is 0. The van der Waals surface area contributed by atoms with E-state index >= 15 is 0 Å². The molecule has 0 radical (unpaired) electrons. The first-order valence-corrected chi connectivity index (χ1v) is 15.1. The molecular formula is C39H37N2O4+. The van der Waals surface area contributed by atoms with E-state index in [2.05, 4.69) is 79.7 Å². The molecule has 0 aliphatic carbocycles. The van der Waals surface area contributed by atoms with E-state index in [0.29, 0.717) is 13.1 Å². The number of carboxylic acids is 2. The van der Waals surface area contributed by atoms with Gasteiger partial charge in [-0.15, -0.1) is 0 Å². The maximum atomic E-state index is 11.9. The van der Waals surface area contributed by atoms with Crippen molar-refractivity contribution in [3.63, 3.8) is 0 Å². The van der Waals surface area contributed by atoms with Crippen molar-refractivity contribution >= 4 is 29.0 Å². The summed E-state index contributed by atoms with van der Waals surface area (Å²) < 4.78 is 2.28. The number of anilines is 1. The highest BCUT2D eigenvalue weighted by Crippen LogP contribution is 2.49. The van der Waals surface area contributed by atoms with Gasteiger partial charge in [0.2, 0.25) is 5.69 Å². The van der Waals surface area contributed by atoms with Crippen LogP contribution in [0.3, 0.4) is 0 Å². The molecule has 226 valence electrons. The van der Waals surface area contributed by atoms with Gasteiger partial charge in [-0.2, -0.15) is 4.58 Å². The Kier molecular flexibility index (Phi) is 7.53. The number of rotatable bonds is 8. The largest absolute Gasteiger partial charge is 0.478 e. The second-order valence-electron chi connectivity index (χ2n) is 12.8. The molecule has 6 rings (SSSR count). The van der Waals surface area contributed by atoms with Gasteiger partial charge < -0.3 is 15.1 Å². The molecular weight excluding hydrogens is 560 g/mol. The summed E-state index contributed by atoms with van der Waals surface area (Å²) in [5.74, 6) is -1.88. The lowest BCUT2D eigenvalue weighted by atomic mass is 9.80. The number of fused-ring (bicyclic) bond motifs is 2. The Morgan fingerprint density at radius 2 is 1.31 bits per heavy atom. The molecule has 6 heteroatoms. The Hall–Kier alpha value is -5.23. The number of carbonyl (C=O) groups is 2. The van der Waals surface area contributed by atoms with Gasteiger partial charge in [-0.1, -0.05) is 80.6 Å². The maximum absolute atomic E-state index is 11.9. The standard InChI is InChI=1S/C39H36N2O4/c1-38(2)30-22-28(36(42)43)18-20-32(30)40(24-26-12-7-5-8-13-26)34(38)16-11-17-35-39(3,4)31-23-29(37(44)45)19-21-33(31)41(35)25-27-14-9-6-10-15-27/h5-23H,24-25H2,1-4H3,(H-,42,43,44,45)/p+1. The van der Waals surface area contributed by atoms with Crippen molar-refractivity contribution in [1.82, 2.24) is 0 Å². The first-order chi connectivity index (χ1) is 21.5. The molecule has 6 nitrogen and oxygen atoms in total. The van der Waals surface area contributed by atoms with Gasteiger partial charge in [-0.3, -0.25) is 0 Å². The summed E-state index contributed by atoms with van der Waals surface area (Å²) in [6.07, 6.45) is 6.36. The number of aromatic carboxylic acids is 2. The second-order valence-corrected chi connectivity index (χ2v) is 12.8. The number of hydrogen-bond donors (Lipinski definition) is 2. The van der Waals surface area contributed by atoms with E-state index < -0.39 is 22.8 Å². The molecule has 0 bridgehead atoms. The fourth-order valence-electron chi connectivity index (χ4n) is 6.72. The van der Waals surface area contributed by atoms with Crippen LogP contribution >= 0.6 is 0 Å². The number of hydrogen-bond acceptors (Lipinski definition) is 3. The van der Waals surface area contributed by atoms with E-state index in [9.17, 15) is 19.8 Å². The Balaban J connectivity index is 1.45. The zero-order chi connectivity index (χ0) is 31.9.